The van der Waals surface area contributed by atoms with Crippen molar-refractivity contribution in [1.82, 2.24) is 4.57 Å². The van der Waals surface area contributed by atoms with E-state index in [1.54, 1.807) is 19.1 Å². The number of Topliss-reactive ketones (excluding diaryl/α,β-unsaturated/α-hetero) is 1. The van der Waals surface area contributed by atoms with Crippen molar-refractivity contribution < 1.29 is 23.1 Å². The molecule has 0 unspecified atom stereocenters. The lowest BCUT2D eigenvalue weighted by Crippen LogP contribution is -2.08. The lowest BCUT2D eigenvalue weighted by molar-refractivity contribution is -0.137. The Bertz CT molecular complexity index is 1230. The maximum absolute atomic E-state index is 13.4. The molecule has 3 rings (SSSR count). The Morgan fingerprint density at radius 2 is 1.81 bits per heavy atom. The number of ketones is 1. The van der Waals surface area contributed by atoms with E-state index in [0.29, 0.717) is 16.8 Å². The molecule has 0 aliphatic rings. The van der Waals surface area contributed by atoms with Gasteiger partial charge in [-0.25, -0.2) is 6.57 Å². The van der Waals surface area contributed by atoms with Gasteiger partial charge in [0, 0.05) is 16.8 Å². The molecule has 0 fully saturated rings. The fourth-order valence-electron chi connectivity index (χ4n) is 3.57. The van der Waals surface area contributed by atoms with Gasteiger partial charge in [-0.15, -0.1) is 0 Å². The fraction of sp³-hybridized carbons (Fsp3) is 0.261. The van der Waals surface area contributed by atoms with Crippen molar-refractivity contribution in [2.45, 2.75) is 26.9 Å². The molecule has 5 nitrogen and oxygen atoms in total. The van der Waals surface area contributed by atoms with E-state index in [1.807, 2.05) is 19.9 Å². The minimum Gasteiger partial charge on any atom is -0.494 e. The van der Waals surface area contributed by atoms with Crippen molar-refractivity contribution in [3.05, 3.63) is 70.1 Å². The zero-order valence-electron chi connectivity index (χ0n) is 17.2. The summed E-state index contributed by atoms with van der Waals surface area (Å²) in [6.45, 7) is 11.5. The molecule has 1 N–H and O–H groups in total. The van der Waals surface area contributed by atoms with E-state index in [2.05, 4.69) is 9.84 Å². The summed E-state index contributed by atoms with van der Waals surface area (Å²) in [5, 5.41) is 11.4. The van der Waals surface area contributed by atoms with Gasteiger partial charge in [-0.2, -0.15) is 13.2 Å². The van der Waals surface area contributed by atoms with Gasteiger partial charge in [0.15, 0.2) is 0 Å². The number of aromatic hydroxyl groups is 1. The molecule has 31 heavy (non-hydrogen) atoms. The number of hydrogen-bond acceptors (Lipinski definition) is 3. The number of nitrogens with zero attached hydrogens (tertiary/aromatic N) is 3. The third-order valence-electron chi connectivity index (χ3n) is 4.85. The Labute approximate surface area is 177 Å². The average Bonchev–Trinajstić information content (AvgIpc) is 2.96. The predicted molar refractivity (Wildman–Crippen MR) is 113 cm³/mol. The summed E-state index contributed by atoms with van der Waals surface area (Å²) >= 11 is 0. The second-order valence-electron chi connectivity index (χ2n) is 7.37. The topological polar surface area (TPSA) is 58.9 Å². The van der Waals surface area contributed by atoms with Crippen molar-refractivity contribution in [2.75, 3.05) is 13.1 Å². The number of hydrogen-bond donors (Lipinski definition) is 1. The molecule has 0 radical (unpaired) electrons. The van der Waals surface area contributed by atoms with Gasteiger partial charge in [0.1, 0.15) is 6.54 Å². The average molecular weight is 427 g/mol. The van der Waals surface area contributed by atoms with E-state index in [9.17, 15) is 23.1 Å². The highest BCUT2D eigenvalue weighted by atomic mass is 19.4. The van der Waals surface area contributed by atoms with E-state index < -0.39 is 11.7 Å². The number of benzene rings is 2. The first-order chi connectivity index (χ1) is 14.5. The maximum Gasteiger partial charge on any atom is 0.416 e. The summed E-state index contributed by atoms with van der Waals surface area (Å²) in [7, 11) is 0. The van der Waals surface area contributed by atoms with Crippen LogP contribution in [0.5, 0.6) is 5.88 Å². The number of carbonyl (C=O) groups is 1. The smallest absolute Gasteiger partial charge is 0.416 e. The maximum atomic E-state index is 13.4. The second-order valence-corrected chi connectivity index (χ2v) is 7.37. The van der Waals surface area contributed by atoms with Gasteiger partial charge in [-0.05, 0) is 56.2 Å². The lowest BCUT2D eigenvalue weighted by atomic mass is 10.1. The molecule has 3 aromatic rings. The van der Waals surface area contributed by atoms with Crippen molar-refractivity contribution in [3.63, 3.8) is 0 Å². The standard InChI is InChI=1S/C23H20F3N3O2/c1-13-7-14(2)9-17(8-13)29-20-10-16(23(24,25)26)5-6-19(20)21(22(29)31)15(3)28-12-18(30)11-27-4/h5-10,31H,11-12H2,1-3H3. The highest BCUT2D eigenvalue weighted by molar-refractivity contribution is 6.13. The Hall–Kier alpha value is -3.60. The Morgan fingerprint density at radius 3 is 2.39 bits per heavy atom. The van der Waals surface area contributed by atoms with E-state index in [1.165, 1.54) is 10.6 Å². The molecule has 0 bridgehead atoms. The SMILES string of the molecule is [C-]#[N+]CC(=O)CN=C(C)c1c(O)n(-c2cc(C)cc(C)c2)c2cc(C(F)(F)F)ccc12. The van der Waals surface area contributed by atoms with E-state index >= 15 is 0 Å². The third kappa shape index (κ3) is 4.45. The fourth-order valence-corrected chi connectivity index (χ4v) is 3.57. The molecule has 0 saturated heterocycles. The van der Waals surface area contributed by atoms with E-state index in [0.717, 1.165) is 23.3 Å². The lowest BCUT2D eigenvalue weighted by Gasteiger charge is -2.11. The molecule has 0 amide bonds. The number of halogens is 3. The highest BCUT2D eigenvalue weighted by Gasteiger charge is 2.32. The van der Waals surface area contributed by atoms with Crippen LogP contribution in [0.15, 0.2) is 41.4 Å². The molecule has 1 heterocycles. The number of rotatable bonds is 5. The summed E-state index contributed by atoms with van der Waals surface area (Å²) in [5.74, 6) is -0.649. The van der Waals surface area contributed by atoms with Gasteiger partial charge in [-0.1, -0.05) is 12.1 Å². The van der Waals surface area contributed by atoms with E-state index in [4.69, 9.17) is 6.57 Å². The molecule has 1 aromatic heterocycles. The van der Waals surface area contributed by atoms with Crippen LogP contribution in [-0.4, -0.2) is 34.3 Å². The first-order valence-corrected chi connectivity index (χ1v) is 9.42. The Balaban J connectivity index is 2.29. The summed E-state index contributed by atoms with van der Waals surface area (Å²) in [6, 6.07) is 8.70. The number of aromatic nitrogens is 1. The van der Waals surface area contributed by atoms with Crippen LogP contribution in [0.4, 0.5) is 13.2 Å². The number of carbonyl (C=O) groups excluding carboxylic acids is 1. The van der Waals surface area contributed by atoms with Crippen molar-refractivity contribution in [2.24, 2.45) is 4.99 Å². The number of aliphatic imine (C=N–C) groups is 1. The van der Waals surface area contributed by atoms with Crippen LogP contribution < -0.4 is 0 Å². The quantitative estimate of drug-likeness (QED) is 0.446. The molecule has 2 aromatic carbocycles. The molecule has 0 atom stereocenters. The molecular weight excluding hydrogens is 407 g/mol. The molecule has 8 heteroatoms. The first kappa shape index (κ1) is 22.1. The van der Waals surface area contributed by atoms with Crippen LogP contribution in [0.1, 0.15) is 29.2 Å². The molecule has 0 aliphatic carbocycles. The van der Waals surface area contributed by atoms with Crippen LogP contribution in [-0.2, 0) is 11.0 Å². The number of alkyl halides is 3. The van der Waals surface area contributed by atoms with Crippen molar-refractivity contribution >= 4 is 22.4 Å². The zero-order chi connectivity index (χ0) is 22.9. The number of aryl methyl sites for hydroxylation is 2. The number of fused-ring (bicyclic) bond motifs is 1. The highest BCUT2D eigenvalue weighted by Crippen LogP contribution is 2.39. The molecule has 0 saturated carbocycles. The molecule has 0 spiro atoms. The monoisotopic (exact) mass is 427 g/mol. The van der Waals surface area contributed by atoms with E-state index in [-0.39, 0.29) is 35.8 Å². The van der Waals surface area contributed by atoms with Crippen LogP contribution in [0.3, 0.4) is 0 Å². The first-order valence-electron chi connectivity index (χ1n) is 9.42. The predicted octanol–water partition coefficient (Wildman–Crippen LogP) is 5.27. The third-order valence-corrected chi connectivity index (χ3v) is 4.85. The van der Waals surface area contributed by atoms with Gasteiger partial charge in [0.05, 0.1) is 16.6 Å². The molecule has 160 valence electrons. The summed E-state index contributed by atoms with van der Waals surface area (Å²) in [6.07, 6.45) is -4.54. The minimum atomic E-state index is -4.54. The van der Waals surface area contributed by atoms with Crippen LogP contribution in [0.2, 0.25) is 0 Å². The Kier molecular flexibility index (Phi) is 5.89. The minimum absolute atomic E-state index is 0.175. The van der Waals surface area contributed by atoms with Gasteiger partial charge in [0.2, 0.25) is 11.7 Å². The van der Waals surface area contributed by atoms with Crippen LogP contribution >= 0.6 is 0 Å². The summed E-state index contributed by atoms with van der Waals surface area (Å²) < 4.78 is 41.5. The second kappa shape index (κ2) is 8.26. The molecule has 0 aliphatic heterocycles. The van der Waals surface area contributed by atoms with Crippen LogP contribution in [0.25, 0.3) is 21.4 Å². The summed E-state index contributed by atoms with van der Waals surface area (Å²) in [5.41, 5.74) is 2.18. The summed E-state index contributed by atoms with van der Waals surface area (Å²) in [4.78, 5) is 18.9. The zero-order valence-corrected chi connectivity index (χ0v) is 17.2. The van der Waals surface area contributed by atoms with Crippen molar-refractivity contribution in [3.8, 4) is 11.6 Å². The molecular formula is C23H20F3N3O2. The van der Waals surface area contributed by atoms with Crippen molar-refractivity contribution in [1.29, 1.82) is 0 Å². The Morgan fingerprint density at radius 1 is 1.16 bits per heavy atom. The van der Waals surface area contributed by atoms with Gasteiger partial charge >= 0.3 is 6.18 Å². The van der Waals surface area contributed by atoms with Gasteiger partial charge < -0.3 is 9.95 Å². The van der Waals surface area contributed by atoms with Crippen LogP contribution in [0, 0.1) is 20.4 Å². The van der Waals surface area contributed by atoms with Gasteiger partial charge in [-0.3, -0.25) is 14.4 Å². The largest absolute Gasteiger partial charge is 0.494 e. The normalized spacial score (nSPS) is 12.2. The van der Waals surface area contributed by atoms with Gasteiger partial charge in [0.25, 0.3) is 6.54 Å².